The second-order valence-corrected chi connectivity index (χ2v) is 6.85. The maximum Gasteiger partial charge on any atom is 0.196 e. The van der Waals surface area contributed by atoms with Crippen molar-refractivity contribution in [3.8, 4) is 0 Å². The number of rotatable bonds is 0. The maximum absolute atomic E-state index is 11.8. The number of ketones is 1. The summed E-state index contributed by atoms with van der Waals surface area (Å²) in [7, 11) is 0. The van der Waals surface area contributed by atoms with Crippen LogP contribution in [0.5, 0.6) is 0 Å². The molecule has 0 saturated carbocycles. The Balaban J connectivity index is 2.25. The molecule has 1 aliphatic rings. The van der Waals surface area contributed by atoms with Crippen LogP contribution in [0.25, 0.3) is 0 Å². The zero-order valence-corrected chi connectivity index (χ0v) is 14.5. The van der Waals surface area contributed by atoms with E-state index in [0.29, 0.717) is 6.42 Å². The SMILES string of the molecule is O=C1CCCCCCCCCCCCCCCCC/C=C/1O. The average molecular weight is 309 g/mol. The highest BCUT2D eigenvalue weighted by molar-refractivity contribution is 5.92. The summed E-state index contributed by atoms with van der Waals surface area (Å²) < 4.78 is 0. The molecule has 0 fully saturated rings. The van der Waals surface area contributed by atoms with Crippen LogP contribution < -0.4 is 0 Å². The average Bonchev–Trinajstić information content (AvgIpc) is 2.52. The molecule has 0 heterocycles. The molecule has 0 aromatic rings. The zero-order chi connectivity index (χ0) is 15.9. The summed E-state index contributed by atoms with van der Waals surface area (Å²) in [5, 5.41) is 9.75. The molecule has 0 aromatic heterocycles. The number of allylic oxidation sites excluding steroid dienone is 2. The molecule has 1 rings (SSSR count). The van der Waals surface area contributed by atoms with Gasteiger partial charge in [-0.25, -0.2) is 0 Å². The molecule has 0 atom stereocenters. The summed E-state index contributed by atoms with van der Waals surface area (Å²) in [4.78, 5) is 11.8. The van der Waals surface area contributed by atoms with Gasteiger partial charge in [-0.2, -0.15) is 0 Å². The Morgan fingerprint density at radius 2 is 0.955 bits per heavy atom. The van der Waals surface area contributed by atoms with Gasteiger partial charge >= 0.3 is 0 Å². The number of aliphatic hydroxyl groups is 1. The van der Waals surface area contributed by atoms with E-state index in [2.05, 4.69) is 0 Å². The maximum atomic E-state index is 11.8. The molecule has 0 saturated heterocycles. The van der Waals surface area contributed by atoms with E-state index in [0.717, 1.165) is 25.7 Å². The summed E-state index contributed by atoms with van der Waals surface area (Å²) in [6, 6.07) is 0. The third-order valence-electron chi connectivity index (χ3n) is 4.73. The molecular weight excluding hydrogens is 272 g/mol. The standard InChI is InChI=1S/C20H36O2/c21-19-17-15-13-11-9-7-5-3-1-2-4-6-8-10-12-14-16-18-20(19)22/h17,21H,1-16,18H2/b19-17-. The smallest absolute Gasteiger partial charge is 0.196 e. The van der Waals surface area contributed by atoms with Crippen LogP contribution in [0.1, 0.15) is 109 Å². The lowest BCUT2D eigenvalue weighted by molar-refractivity contribution is -0.118. The van der Waals surface area contributed by atoms with Gasteiger partial charge in [-0.1, -0.05) is 83.5 Å². The Morgan fingerprint density at radius 1 is 0.591 bits per heavy atom. The van der Waals surface area contributed by atoms with E-state index in [9.17, 15) is 9.90 Å². The van der Waals surface area contributed by atoms with Gasteiger partial charge in [0.25, 0.3) is 0 Å². The lowest BCUT2D eigenvalue weighted by Crippen LogP contribution is -2.01. The van der Waals surface area contributed by atoms with Gasteiger partial charge in [-0.05, 0) is 25.3 Å². The summed E-state index contributed by atoms with van der Waals surface area (Å²) in [6.07, 6.45) is 22.4. The molecular formula is C20H36O2. The number of carbonyl (C=O) groups is 1. The normalized spacial score (nSPS) is 25.1. The Bertz CT molecular complexity index is 307. The van der Waals surface area contributed by atoms with E-state index < -0.39 is 0 Å². The van der Waals surface area contributed by atoms with Gasteiger partial charge in [-0.15, -0.1) is 0 Å². The number of aliphatic hydroxyl groups excluding tert-OH is 1. The van der Waals surface area contributed by atoms with Gasteiger partial charge < -0.3 is 5.11 Å². The molecule has 0 spiro atoms. The van der Waals surface area contributed by atoms with Gasteiger partial charge in [-0.3, -0.25) is 4.79 Å². The third-order valence-corrected chi connectivity index (χ3v) is 4.73. The van der Waals surface area contributed by atoms with E-state index in [1.54, 1.807) is 6.08 Å². The fourth-order valence-corrected chi connectivity index (χ4v) is 3.21. The fraction of sp³-hybridized carbons (Fsp3) is 0.850. The van der Waals surface area contributed by atoms with Crippen LogP contribution in [0.3, 0.4) is 0 Å². The lowest BCUT2D eigenvalue weighted by atomic mass is 10.0. The van der Waals surface area contributed by atoms with Crippen molar-refractivity contribution in [1.82, 2.24) is 0 Å². The van der Waals surface area contributed by atoms with Gasteiger partial charge in [0.2, 0.25) is 0 Å². The summed E-state index contributed by atoms with van der Waals surface area (Å²) in [6.45, 7) is 0. The van der Waals surface area contributed by atoms with Crippen LogP contribution in [-0.2, 0) is 4.79 Å². The molecule has 0 amide bonds. The molecule has 0 unspecified atom stereocenters. The van der Waals surface area contributed by atoms with Gasteiger partial charge in [0.05, 0.1) is 0 Å². The molecule has 1 aliphatic carbocycles. The fourth-order valence-electron chi connectivity index (χ4n) is 3.21. The minimum Gasteiger partial charge on any atom is -0.505 e. The molecule has 0 aromatic carbocycles. The predicted molar refractivity (Wildman–Crippen MR) is 94.2 cm³/mol. The van der Waals surface area contributed by atoms with Crippen molar-refractivity contribution in [3.63, 3.8) is 0 Å². The molecule has 0 aliphatic heterocycles. The molecule has 1 N–H and O–H groups in total. The van der Waals surface area contributed by atoms with Gasteiger partial charge in [0.15, 0.2) is 11.5 Å². The highest BCUT2D eigenvalue weighted by Gasteiger charge is 2.06. The minimum absolute atomic E-state index is 0.00871. The van der Waals surface area contributed by atoms with Crippen molar-refractivity contribution < 1.29 is 9.90 Å². The highest BCUT2D eigenvalue weighted by atomic mass is 16.3. The third kappa shape index (κ3) is 10.9. The number of carbonyl (C=O) groups excluding carboxylic acids is 1. The molecule has 2 heteroatoms. The molecule has 0 radical (unpaired) electrons. The van der Waals surface area contributed by atoms with Crippen molar-refractivity contribution in [3.05, 3.63) is 11.8 Å². The first-order valence-electron chi connectivity index (χ1n) is 9.73. The van der Waals surface area contributed by atoms with Crippen LogP contribution in [0.4, 0.5) is 0 Å². The van der Waals surface area contributed by atoms with Crippen LogP contribution >= 0.6 is 0 Å². The van der Waals surface area contributed by atoms with Crippen molar-refractivity contribution in [2.75, 3.05) is 0 Å². The summed E-state index contributed by atoms with van der Waals surface area (Å²) in [5.41, 5.74) is 0. The quantitative estimate of drug-likeness (QED) is 0.544. The van der Waals surface area contributed by atoms with Gasteiger partial charge in [0, 0.05) is 6.42 Å². The molecule has 0 bridgehead atoms. The van der Waals surface area contributed by atoms with E-state index in [-0.39, 0.29) is 11.5 Å². The topological polar surface area (TPSA) is 37.3 Å². The van der Waals surface area contributed by atoms with Crippen molar-refractivity contribution in [2.45, 2.75) is 109 Å². The molecule has 128 valence electrons. The number of Topliss-reactive ketones (excluding diaryl/α,β-unsaturated/α-hetero) is 1. The van der Waals surface area contributed by atoms with E-state index >= 15 is 0 Å². The Hall–Kier alpha value is -0.790. The Morgan fingerprint density at radius 3 is 1.41 bits per heavy atom. The lowest BCUT2D eigenvalue weighted by Gasteiger charge is -2.05. The molecule has 22 heavy (non-hydrogen) atoms. The first kappa shape index (κ1) is 19.3. The second kappa shape index (κ2) is 13.8. The van der Waals surface area contributed by atoms with Crippen molar-refractivity contribution >= 4 is 5.78 Å². The predicted octanol–water partition coefficient (Wildman–Crippen LogP) is 6.64. The Labute approximate surface area is 137 Å². The van der Waals surface area contributed by atoms with E-state index in [4.69, 9.17) is 0 Å². The molecule has 2 nitrogen and oxygen atoms in total. The van der Waals surface area contributed by atoms with E-state index in [1.165, 1.54) is 77.0 Å². The number of hydrogen-bond acceptors (Lipinski definition) is 2. The van der Waals surface area contributed by atoms with E-state index in [1.807, 2.05) is 0 Å². The van der Waals surface area contributed by atoms with Crippen LogP contribution in [0.15, 0.2) is 11.8 Å². The van der Waals surface area contributed by atoms with Crippen LogP contribution in [0, 0.1) is 0 Å². The summed E-state index contributed by atoms with van der Waals surface area (Å²) >= 11 is 0. The number of hydrogen-bond donors (Lipinski definition) is 1. The van der Waals surface area contributed by atoms with Crippen LogP contribution in [-0.4, -0.2) is 10.9 Å². The first-order valence-corrected chi connectivity index (χ1v) is 9.73. The monoisotopic (exact) mass is 308 g/mol. The Kier molecular flexibility index (Phi) is 12.1. The van der Waals surface area contributed by atoms with Crippen molar-refractivity contribution in [1.29, 1.82) is 0 Å². The first-order chi connectivity index (χ1) is 10.8. The zero-order valence-electron chi connectivity index (χ0n) is 14.5. The minimum atomic E-state index is -0.0607. The van der Waals surface area contributed by atoms with Crippen LogP contribution in [0.2, 0.25) is 0 Å². The summed E-state index contributed by atoms with van der Waals surface area (Å²) in [5.74, 6) is -0.0520. The largest absolute Gasteiger partial charge is 0.505 e. The van der Waals surface area contributed by atoms with Crippen molar-refractivity contribution in [2.24, 2.45) is 0 Å². The second-order valence-electron chi connectivity index (χ2n) is 6.85. The highest BCUT2D eigenvalue weighted by Crippen LogP contribution is 2.15. The van der Waals surface area contributed by atoms with Gasteiger partial charge in [0.1, 0.15) is 0 Å².